The van der Waals surface area contributed by atoms with Gasteiger partial charge in [-0.15, -0.1) is 0 Å². The highest BCUT2D eigenvalue weighted by atomic mass is 16.5. The predicted molar refractivity (Wildman–Crippen MR) is 258 cm³/mol. The molecular formula is C58H41N3O. The van der Waals surface area contributed by atoms with Crippen molar-refractivity contribution in [2.45, 2.75) is 12.0 Å². The average Bonchev–Trinajstić information content (AvgIpc) is 3.86. The lowest BCUT2D eigenvalue weighted by atomic mass is 9.89. The van der Waals surface area contributed by atoms with Crippen LogP contribution in [0.4, 0.5) is 28.4 Å². The largest absolute Gasteiger partial charge is 0.485 e. The van der Waals surface area contributed by atoms with Crippen LogP contribution < -0.4 is 14.5 Å². The van der Waals surface area contributed by atoms with Crippen molar-refractivity contribution < 1.29 is 4.74 Å². The van der Waals surface area contributed by atoms with Crippen LogP contribution >= 0.6 is 0 Å². The summed E-state index contributed by atoms with van der Waals surface area (Å²) in [6.45, 7) is 0. The predicted octanol–water partition coefficient (Wildman–Crippen LogP) is 15.2. The van der Waals surface area contributed by atoms with E-state index in [4.69, 9.17) is 4.74 Å². The zero-order valence-electron chi connectivity index (χ0n) is 33.9. The Morgan fingerprint density at radius 2 is 1.05 bits per heavy atom. The van der Waals surface area contributed by atoms with Crippen LogP contribution in [0.15, 0.2) is 242 Å². The Morgan fingerprint density at radius 1 is 0.419 bits per heavy atom. The van der Waals surface area contributed by atoms with Gasteiger partial charge in [-0.05, 0) is 137 Å². The van der Waals surface area contributed by atoms with E-state index in [0.29, 0.717) is 0 Å². The molecule has 10 aromatic rings. The van der Waals surface area contributed by atoms with E-state index in [1.54, 1.807) is 0 Å². The second kappa shape index (κ2) is 14.9. The number of rotatable bonds is 8. The van der Waals surface area contributed by atoms with E-state index >= 15 is 0 Å². The van der Waals surface area contributed by atoms with E-state index in [-0.39, 0.29) is 12.0 Å². The number of anilines is 5. The van der Waals surface area contributed by atoms with Crippen LogP contribution in [-0.4, -0.2) is 10.7 Å². The molecule has 12 rings (SSSR count). The molecule has 294 valence electrons. The summed E-state index contributed by atoms with van der Waals surface area (Å²) in [5.41, 5.74) is 13.7. The van der Waals surface area contributed by atoms with Crippen LogP contribution in [0.2, 0.25) is 0 Å². The molecule has 0 spiro atoms. The van der Waals surface area contributed by atoms with Gasteiger partial charge in [0.1, 0.15) is 11.9 Å². The van der Waals surface area contributed by atoms with Gasteiger partial charge in [0.15, 0.2) is 0 Å². The summed E-state index contributed by atoms with van der Waals surface area (Å²) >= 11 is 0. The Hall–Kier alpha value is -8.08. The molecule has 1 aliphatic carbocycles. The molecule has 0 radical (unpaired) electrons. The highest BCUT2D eigenvalue weighted by Crippen LogP contribution is 2.47. The van der Waals surface area contributed by atoms with E-state index in [1.165, 1.54) is 49.3 Å². The van der Waals surface area contributed by atoms with Gasteiger partial charge in [-0.1, -0.05) is 121 Å². The van der Waals surface area contributed by atoms with Crippen LogP contribution in [0, 0.1) is 0 Å². The molecule has 0 N–H and O–H groups in total. The summed E-state index contributed by atoms with van der Waals surface area (Å²) in [6, 6.07) is 78.4. The molecule has 0 saturated heterocycles. The van der Waals surface area contributed by atoms with Gasteiger partial charge in [-0.25, -0.2) is 0 Å². The Bertz CT molecular complexity index is 3340. The molecule has 0 amide bonds. The van der Waals surface area contributed by atoms with Crippen LogP contribution in [0.3, 0.4) is 0 Å². The van der Waals surface area contributed by atoms with Gasteiger partial charge in [-0.3, -0.25) is 0 Å². The molecule has 0 fully saturated rings. The fraction of sp³-hybridized carbons (Fsp3) is 0.0345. The summed E-state index contributed by atoms with van der Waals surface area (Å²) in [5, 5.41) is 4.83. The molecular weight excluding hydrogens is 755 g/mol. The van der Waals surface area contributed by atoms with Crippen LogP contribution in [-0.2, 0) is 0 Å². The van der Waals surface area contributed by atoms with Crippen molar-refractivity contribution in [1.29, 1.82) is 0 Å². The lowest BCUT2D eigenvalue weighted by Gasteiger charge is -2.31. The van der Waals surface area contributed by atoms with Gasteiger partial charge >= 0.3 is 0 Å². The van der Waals surface area contributed by atoms with Crippen molar-refractivity contribution in [3.63, 3.8) is 0 Å². The van der Waals surface area contributed by atoms with Gasteiger partial charge in [0, 0.05) is 62.1 Å². The number of allylic oxidation sites excluding steroid dienone is 1. The van der Waals surface area contributed by atoms with Crippen molar-refractivity contribution in [2.75, 3.05) is 9.80 Å². The number of benzene rings is 9. The first-order chi connectivity index (χ1) is 30.7. The van der Waals surface area contributed by atoms with E-state index in [1.807, 2.05) is 0 Å². The molecule has 0 bridgehead atoms. The molecule has 0 saturated carbocycles. The molecule has 4 heteroatoms. The zero-order valence-corrected chi connectivity index (χ0v) is 33.9. The molecule has 9 aromatic carbocycles. The second-order valence-corrected chi connectivity index (χ2v) is 16.1. The van der Waals surface area contributed by atoms with E-state index < -0.39 is 0 Å². The molecule has 2 unspecified atom stereocenters. The summed E-state index contributed by atoms with van der Waals surface area (Å²) < 4.78 is 9.05. The minimum absolute atomic E-state index is 0.0700. The normalized spacial score (nSPS) is 15.3. The third kappa shape index (κ3) is 6.15. The number of fused-ring (bicyclic) bond motifs is 7. The number of aromatic nitrogens is 1. The molecule has 1 aromatic heterocycles. The van der Waals surface area contributed by atoms with E-state index in [9.17, 15) is 0 Å². The lowest BCUT2D eigenvalue weighted by molar-refractivity contribution is 0.268. The first kappa shape index (κ1) is 35.8. The van der Waals surface area contributed by atoms with Crippen LogP contribution in [0.1, 0.15) is 11.5 Å². The highest BCUT2D eigenvalue weighted by molar-refractivity contribution is 6.10. The number of para-hydroxylation sites is 4. The van der Waals surface area contributed by atoms with Gasteiger partial charge < -0.3 is 19.1 Å². The number of hydrogen-bond donors (Lipinski definition) is 0. The highest BCUT2D eigenvalue weighted by Gasteiger charge is 2.35. The fourth-order valence-electron chi connectivity index (χ4n) is 9.56. The summed E-state index contributed by atoms with van der Waals surface area (Å²) in [5.74, 6) is 1.03. The van der Waals surface area contributed by atoms with Crippen molar-refractivity contribution in [2.24, 2.45) is 0 Å². The minimum Gasteiger partial charge on any atom is -0.485 e. The zero-order chi connectivity index (χ0) is 41.0. The summed E-state index contributed by atoms with van der Waals surface area (Å²) in [7, 11) is 0. The molecule has 2 aliphatic rings. The van der Waals surface area contributed by atoms with E-state index in [2.05, 4.69) is 251 Å². The van der Waals surface area contributed by atoms with Crippen molar-refractivity contribution in [3.05, 3.63) is 248 Å². The van der Waals surface area contributed by atoms with Gasteiger partial charge in [-0.2, -0.15) is 0 Å². The van der Waals surface area contributed by atoms with E-state index in [0.717, 1.165) is 45.6 Å². The average molecular weight is 796 g/mol. The van der Waals surface area contributed by atoms with Crippen molar-refractivity contribution >= 4 is 61.0 Å². The molecule has 2 heterocycles. The van der Waals surface area contributed by atoms with Crippen molar-refractivity contribution in [1.82, 2.24) is 4.57 Å². The SMILES string of the molecule is C1=CC2Oc3cc4cc(-c5ccccc5)ccc4cc3C2C=C1N(c1ccccc1)c1cccc(N(c2ccccc2)c2ccc3c(c2)c2ccccc2n3-c2ccccc2)c1. The van der Waals surface area contributed by atoms with Crippen molar-refractivity contribution in [3.8, 4) is 22.6 Å². The fourth-order valence-corrected chi connectivity index (χ4v) is 9.56. The maximum atomic E-state index is 6.68. The maximum absolute atomic E-state index is 6.68. The Balaban J connectivity index is 0.958. The Kier molecular flexibility index (Phi) is 8.60. The second-order valence-electron chi connectivity index (χ2n) is 16.1. The monoisotopic (exact) mass is 795 g/mol. The molecule has 4 nitrogen and oxygen atoms in total. The first-order valence-corrected chi connectivity index (χ1v) is 21.3. The maximum Gasteiger partial charge on any atom is 0.128 e. The van der Waals surface area contributed by atoms with Gasteiger partial charge in [0.25, 0.3) is 0 Å². The summed E-state index contributed by atoms with van der Waals surface area (Å²) in [4.78, 5) is 4.75. The van der Waals surface area contributed by atoms with Gasteiger partial charge in [0.05, 0.1) is 11.0 Å². The smallest absolute Gasteiger partial charge is 0.128 e. The number of hydrogen-bond acceptors (Lipinski definition) is 3. The quantitative estimate of drug-likeness (QED) is 0.153. The molecule has 2 atom stereocenters. The molecule has 1 aliphatic heterocycles. The standard InChI is InChI=1S/C58H41N3O/c1-5-16-40(17-6-1)41-28-29-42-35-53-54-39-50(31-33-57(54)62-58(53)36-43(42)34-41)60(45-20-9-3-10-21-45)48-25-15-24-47(37-48)59(44-18-7-2-8-19-44)49-30-32-56-52(38-49)51-26-13-14-27-55(51)61(56)46-22-11-4-12-23-46/h1-39,54,57H. The topological polar surface area (TPSA) is 20.6 Å². The van der Waals surface area contributed by atoms with Gasteiger partial charge in [0.2, 0.25) is 0 Å². The number of nitrogens with zero attached hydrogens (tertiary/aromatic N) is 3. The third-order valence-electron chi connectivity index (χ3n) is 12.4. The van der Waals surface area contributed by atoms with Crippen LogP contribution in [0.25, 0.3) is 49.4 Å². The summed E-state index contributed by atoms with van der Waals surface area (Å²) in [6.07, 6.45) is 6.79. The lowest BCUT2D eigenvalue weighted by Crippen LogP contribution is -2.23. The third-order valence-corrected chi connectivity index (χ3v) is 12.4. The number of ether oxygens (including phenoxy) is 1. The Morgan fingerprint density at radius 3 is 1.82 bits per heavy atom. The molecule has 62 heavy (non-hydrogen) atoms. The Labute approximate surface area is 361 Å². The minimum atomic E-state index is -0.0700. The first-order valence-electron chi connectivity index (χ1n) is 21.3. The van der Waals surface area contributed by atoms with Crippen LogP contribution in [0.5, 0.6) is 5.75 Å².